The predicted molar refractivity (Wildman–Crippen MR) is 131 cm³/mol. The molecule has 0 saturated heterocycles. The second kappa shape index (κ2) is 9.48. The Labute approximate surface area is 198 Å². The van der Waals surface area contributed by atoms with Gasteiger partial charge in [-0.1, -0.05) is 38.8 Å². The van der Waals surface area contributed by atoms with Crippen LogP contribution in [0.4, 0.5) is 0 Å². The lowest BCUT2D eigenvalue weighted by molar-refractivity contribution is -0.125. The van der Waals surface area contributed by atoms with E-state index in [1.54, 1.807) is 4.80 Å². The largest absolute Gasteiger partial charge is 0.390 e. The molecule has 2 aromatic rings. The van der Waals surface area contributed by atoms with Gasteiger partial charge in [-0.3, -0.25) is 4.79 Å². The summed E-state index contributed by atoms with van der Waals surface area (Å²) < 4.78 is 0. The number of fused-ring (bicyclic) bond motifs is 4. The van der Waals surface area contributed by atoms with E-state index in [-0.39, 0.29) is 12.5 Å². The van der Waals surface area contributed by atoms with E-state index in [0.717, 1.165) is 67.3 Å². The first-order valence-corrected chi connectivity index (χ1v) is 13.5. The number of Topliss-reactive ketones (excluding diaryl/α,β-unsaturated/α-hetero) is 1. The van der Waals surface area contributed by atoms with Crippen LogP contribution >= 0.6 is 0 Å². The zero-order valence-corrected chi connectivity index (χ0v) is 20.5. The third kappa shape index (κ3) is 4.76. The number of carbonyl (C=O) groups excluding carboxylic acids is 1. The van der Waals surface area contributed by atoms with E-state index in [9.17, 15) is 9.90 Å². The Bertz CT molecular complexity index is 938. The van der Waals surface area contributed by atoms with Crippen LogP contribution in [0.5, 0.6) is 0 Å². The first kappa shape index (κ1) is 23.0. The van der Waals surface area contributed by atoms with Crippen LogP contribution < -0.4 is 0 Å². The van der Waals surface area contributed by atoms with Gasteiger partial charge in [0.25, 0.3) is 0 Å². The standard InChI is InChI=1S/C28H41N3O2/c1-3-28(33)16-15-24-21(17-28)13-12-20-7-6-8-22(19(2)11-14-23(20)24)27(32)18-31-29-25-9-4-5-10-26(25)30-31/h4-5,9-10,19-24,33H,3,6-8,11-18H2,1-2H3. The molecule has 0 amide bonds. The molecule has 0 spiro atoms. The van der Waals surface area contributed by atoms with Crippen LogP contribution in [0.25, 0.3) is 11.0 Å². The Balaban J connectivity index is 1.25. The van der Waals surface area contributed by atoms with Gasteiger partial charge >= 0.3 is 0 Å². The molecular weight excluding hydrogens is 410 g/mol. The zero-order valence-electron chi connectivity index (χ0n) is 20.5. The van der Waals surface area contributed by atoms with Crippen molar-refractivity contribution in [3.8, 4) is 0 Å². The molecule has 0 aliphatic heterocycles. The maximum absolute atomic E-state index is 13.4. The summed E-state index contributed by atoms with van der Waals surface area (Å²) in [4.78, 5) is 15.0. The fraction of sp³-hybridized carbons (Fsp3) is 0.750. The summed E-state index contributed by atoms with van der Waals surface area (Å²) in [5, 5.41) is 20.0. The minimum Gasteiger partial charge on any atom is -0.390 e. The Hall–Kier alpha value is -1.75. The molecular formula is C28H41N3O2. The molecule has 5 heteroatoms. The van der Waals surface area contributed by atoms with Gasteiger partial charge in [0.05, 0.1) is 5.60 Å². The minimum absolute atomic E-state index is 0.117. The fourth-order valence-corrected chi connectivity index (χ4v) is 7.66. The average Bonchev–Trinajstić information content (AvgIpc) is 3.24. The van der Waals surface area contributed by atoms with Gasteiger partial charge in [-0.15, -0.1) is 0 Å². The highest BCUT2D eigenvalue weighted by atomic mass is 16.3. The number of carbonyl (C=O) groups is 1. The Kier molecular flexibility index (Phi) is 6.61. The summed E-state index contributed by atoms with van der Waals surface area (Å²) in [6.07, 6.45) is 12.5. The highest BCUT2D eigenvalue weighted by Crippen LogP contribution is 2.53. The Morgan fingerprint density at radius 2 is 1.70 bits per heavy atom. The number of aromatic nitrogens is 3. The van der Waals surface area contributed by atoms with Gasteiger partial charge in [0.15, 0.2) is 5.78 Å². The first-order valence-electron chi connectivity index (χ1n) is 13.5. The van der Waals surface area contributed by atoms with E-state index >= 15 is 0 Å². The van der Waals surface area contributed by atoms with Crippen molar-refractivity contribution in [2.75, 3.05) is 0 Å². The highest BCUT2D eigenvalue weighted by molar-refractivity contribution is 5.81. The van der Waals surface area contributed by atoms with Crippen molar-refractivity contribution in [2.45, 2.75) is 96.6 Å². The van der Waals surface area contributed by atoms with Crippen LogP contribution in [-0.4, -0.2) is 31.5 Å². The van der Waals surface area contributed by atoms with Gasteiger partial charge in [0.2, 0.25) is 0 Å². The van der Waals surface area contributed by atoms with Crippen molar-refractivity contribution in [3.05, 3.63) is 24.3 Å². The van der Waals surface area contributed by atoms with Crippen LogP contribution in [0.15, 0.2) is 24.3 Å². The number of nitrogens with zero attached hydrogens (tertiary/aromatic N) is 3. The highest BCUT2D eigenvalue weighted by Gasteiger charge is 2.46. The lowest BCUT2D eigenvalue weighted by Gasteiger charge is -2.50. The van der Waals surface area contributed by atoms with E-state index in [1.165, 1.54) is 32.1 Å². The Morgan fingerprint density at radius 1 is 1.00 bits per heavy atom. The van der Waals surface area contributed by atoms with Gasteiger partial charge in [0.1, 0.15) is 17.6 Å². The molecule has 7 atom stereocenters. The minimum atomic E-state index is -0.414. The second-order valence-corrected chi connectivity index (χ2v) is 11.5. The maximum Gasteiger partial charge on any atom is 0.159 e. The number of benzene rings is 1. The van der Waals surface area contributed by atoms with Crippen molar-refractivity contribution < 1.29 is 9.90 Å². The first-order chi connectivity index (χ1) is 16.0. The molecule has 7 unspecified atom stereocenters. The molecule has 1 heterocycles. The fourth-order valence-electron chi connectivity index (χ4n) is 7.66. The van der Waals surface area contributed by atoms with E-state index in [1.807, 2.05) is 24.3 Å². The summed E-state index contributed by atoms with van der Waals surface area (Å²) in [5.74, 6) is 3.94. The smallest absolute Gasteiger partial charge is 0.159 e. The van der Waals surface area contributed by atoms with E-state index < -0.39 is 5.60 Å². The Morgan fingerprint density at radius 3 is 2.42 bits per heavy atom. The number of hydrogen-bond acceptors (Lipinski definition) is 4. The van der Waals surface area contributed by atoms with E-state index in [2.05, 4.69) is 24.0 Å². The SMILES string of the molecule is CCC1(O)CCC2C(CCC3CCCC(C(=O)Cn4nc5ccccc5n4)C(C)CCC32)C1. The third-order valence-corrected chi connectivity index (χ3v) is 9.68. The van der Waals surface area contributed by atoms with Crippen molar-refractivity contribution in [1.29, 1.82) is 0 Å². The van der Waals surface area contributed by atoms with Gasteiger partial charge in [-0.05, 0) is 99.5 Å². The summed E-state index contributed by atoms with van der Waals surface area (Å²) in [6, 6.07) is 7.83. The van der Waals surface area contributed by atoms with E-state index in [0.29, 0.717) is 17.6 Å². The average molecular weight is 452 g/mol. The molecule has 5 rings (SSSR count). The third-order valence-electron chi connectivity index (χ3n) is 9.68. The van der Waals surface area contributed by atoms with Crippen LogP contribution in [0, 0.1) is 35.5 Å². The predicted octanol–water partition coefficient (Wildman–Crippen LogP) is 5.80. The monoisotopic (exact) mass is 451 g/mol. The lowest BCUT2D eigenvalue weighted by Crippen LogP contribution is -2.45. The topological polar surface area (TPSA) is 68.0 Å². The van der Waals surface area contributed by atoms with Crippen LogP contribution in [0.2, 0.25) is 0 Å². The zero-order chi connectivity index (χ0) is 23.0. The molecule has 180 valence electrons. The molecule has 0 bridgehead atoms. The molecule has 1 N–H and O–H groups in total. The van der Waals surface area contributed by atoms with Crippen molar-refractivity contribution in [3.63, 3.8) is 0 Å². The van der Waals surface area contributed by atoms with Gasteiger partial charge in [-0.2, -0.15) is 15.0 Å². The lowest BCUT2D eigenvalue weighted by atomic mass is 9.57. The molecule has 0 radical (unpaired) electrons. The molecule has 5 nitrogen and oxygen atoms in total. The van der Waals surface area contributed by atoms with Crippen LogP contribution in [0.1, 0.15) is 84.5 Å². The van der Waals surface area contributed by atoms with Gasteiger partial charge in [0, 0.05) is 5.92 Å². The molecule has 3 fully saturated rings. The summed E-state index contributed by atoms with van der Waals surface area (Å²) in [6.45, 7) is 4.73. The number of ketones is 1. The number of hydrogen-bond donors (Lipinski definition) is 1. The molecule has 1 aromatic heterocycles. The molecule has 3 aliphatic carbocycles. The van der Waals surface area contributed by atoms with Crippen molar-refractivity contribution in [2.24, 2.45) is 35.5 Å². The van der Waals surface area contributed by atoms with Gasteiger partial charge in [-0.25, -0.2) is 0 Å². The molecule has 3 saturated carbocycles. The van der Waals surface area contributed by atoms with Crippen LogP contribution in [0.3, 0.4) is 0 Å². The number of aliphatic hydroxyl groups is 1. The van der Waals surface area contributed by atoms with E-state index in [4.69, 9.17) is 0 Å². The second-order valence-electron chi connectivity index (χ2n) is 11.5. The van der Waals surface area contributed by atoms with Gasteiger partial charge < -0.3 is 5.11 Å². The molecule has 33 heavy (non-hydrogen) atoms. The summed E-state index contributed by atoms with van der Waals surface area (Å²) >= 11 is 0. The maximum atomic E-state index is 13.4. The quantitative estimate of drug-likeness (QED) is 0.638. The summed E-state index contributed by atoms with van der Waals surface area (Å²) in [5.41, 5.74) is 1.30. The normalized spacial score (nSPS) is 37.4. The summed E-state index contributed by atoms with van der Waals surface area (Å²) in [7, 11) is 0. The van der Waals surface area contributed by atoms with Crippen molar-refractivity contribution >= 4 is 16.8 Å². The van der Waals surface area contributed by atoms with Crippen molar-refractivity contribution in [1.82, 2.24) is 15.0 Å². The molecule has 1 aromatic carbocycles. The van der Waals surface area contributed by atoms with Crippen LogP contribution in [-0.2, 0) is 11.3 Å². The number of rotatable bonds is 4. The molecule has 3 aliphatic rings.